The van der Waals surface area contributed by atoms with Crippen molar-refractivity contribution in [2.75, 3.05) is 11.9 Å². The van der Waals surface area contributed by atoms with Crippen molar-refractivity contribution in [1.29, 1.82) is 0 Å². The molecule has 0 unspecified atom stereocenters. The van der Waals surface area contributed by atoms with Gasteiger partial charge in [0.25, 0.3) is 5.91 Å². The van der Waals surface area contributed by atoms with E-state index in [0.29, 0.717) is 16.0 Å². The Balaban J connectivity index is 2.07. The summed E-state index contributed by atoms with van der Waals surface area (Å²) in [6.45, 7) is -0.440. The predicted molar refractivity (Wildman–Crippen MR) is 79.5 cm³/mol. The van der Waals surface area contributed by atoms with Crippen molar-refractivity contribution in [3.05, 3.63) is 52.8 Å². The molecule has 0 radical (unpaired) electrons. The number of anilines is 1. The molecule has 1 heterocycles. The number of benzene rings is 1. The van der Waals surface area contributed by atoms with E-state index in [0.717, 1.165) is 0 Å². The number of rotatable bonds is 5. The van der Waals surface area contributed by atoms with Crippen LogP contribution < -0.4 is 10.1 Å². The summed E-state index contributed by atoms with van der Waals surface area (Å²) in [5, 5.41) is 11.2. The number of amides is 1. The number of pyridine rings is 1. The molecule has 2 rings (SSSR count). The van der Waals surface area contributed by atoms with E-state index in [1.165, 1.54) is 0 Å². The van der Waals surface area contributed by atoms with Crippen LogP contribution in [0.1, 0.15) is 10.5 Å². The molecule has 1 amide bonds. The molecule has 0 aliphatic carbocycles. The molecular weight excluding hydrogens is 340 g/mol. The Morgan fingerprint density at radius 2 is 2.00 bits per heavy atom. The third kappa shape index (κ3) is 4.57. The van der Waals surface area contributed by atoms with Crippen LogP contribution >= 0.6 is 15.9 Å². The van der Waals surface area contributed by atoms with Gasteiger partial charge in [-0.3, -0.25) is 4.79 Å². The smallest absolute Gasteiger partial charge is 0.341 e. The molecule has 0 atom stereocenters. The monoisotopic (exact) mass is 350 g/mol. The van der Waals surface area contributed by atoms with Crippen molar-refractivity contribution < 1.29 is 19.4 Å². The predicted octanol–water partition coefficient (Wildman–Crippen LogP) is 2.56. The number of nitrogens with zero attached hydrogens (tertiary/aromatic N) is 1. The van der Waals surface area contributed by atoms with Crippen molar-refractivity contribution in [2.45, 2.75) is 0 Å². The first-order valence-electron chi connectivity index (χ1n) is 5.93. The molecule has 0 fully saturated rings. The minimum absolute atomic E-state index is 0.265. The van der Waals surface area contributed by atoms with Gasteiger partial charge in [0.2, 0.25) is 0 Å². The van der Waals surface area contributed by atoms with Crippen LogP contribution in [0.3, 0.4) is 0 Å². The van der Waals surface area contributed by atoms with Gasteiger partial charge >= 0.3 is 5.97 Å². The van der Waals surface area contributed by atoms with E-state index in [9.17, 15) is 9.59 Å². The zero-order chi connectivity index (χ0) is 15.2. The van der Waals surface area contributed by atoms with Crippen LogP contribution in [0.4, 0.5) is 5.69 Å². The quantitative estimate of drug-likeness (QED) is 0.809. The Labute approximate surface area is 128 Å². The number of carboxylic acid groups (broad SMARTS) is 1. The van der Waals surface area contributed by atoms with Crippen molar-refractivity contribution in [3.63, 3.8) is 0 Å². The molecule has 6 nitrogen and oxygen atoms in total. The standard InChI is InChI=1S/C14H11BrN2O4/c15-12-6-2-5-11(17-12)14(20)16-9-3-1-4-10(7-9)21-8-13(18)19/h1-7H,8H2,(H,16,20)(H,18,19). The first-order chi connectivity index (χ1) is 10.0. The number of hydrogen-bond donors (Lipinski definition) is 2. The third-order valence-corrected chi connectivity index (χ3v) is 2.84. The van der Waals surface area contributed by atoms with E-state index >= 15 is 0 Å². The lowest BCUT2D eigenvalue weighted by Gasteiger charge is -2.07. The number of carbonyl (C=O) groups excluding carboxylic acids is 1. The van der Waals surface area contributed by atoms with E-state index in [-0.39, 0.29) is 11.6 Å². The Bertz CT molecular complexity index is 676. The molecule has 108 valence electrons. The van der Waals surface area contributed by atoms with Gasteiger partial charge in [-0.25, -0.2) is 9.78 Å². The maximum absolute atomic E-state index is 12.0. The Hall–Kier alpha value is -2.41. The first-order valence-corrected chi connectivity index (χ1v) is 6.72. The van der Waals surface area contributed by atoms with Crippen LogP contribution in [0.5, 0.6) is 5.75 Å². The fourth-order valence-electron chi connectivity index (χ4n) is 1.54. The molecule has 1 aromatic heterocycles. The Kier molecular flexibility index (Phi) is 4.89. The van der Waals surface area contributed by atoms with Crippen LogP contribution in [-0.4, -0.2) is 28.6 Å². The summed E-state index contributed by atoms with van der Waals surface area (Å²) in [5.41, 5.74) is 0.755. The molecule has 21 heavy (non-hydrogen) atoms. The summed E-state index contributed by atoms with van der Waals surface area (Å²) in [7, 11) is 0. The van der Waals surface area contributed by atoms with E-state index in [2.05, 4.69) is 26.2 Å². The van der Waals surface area contributed by atoms with Gasteiger partial charge in [0, 0.05) is 11.8 Å². The van der Waals surface area contributed by atoms with Crippen molar-refractivity contribution >= 4 is 33.5 Å². The van der Waals surface area contributed by atoms with Crippen LogP contribution in [0, 0.1) is 0 Å². The topological polar surface area (TPSA) is 88.5 Å². The molecule has 0 bridgehead atoms. The van der Waals surface area contributed by atoms with Crippen molar-refractivity contribution in [3.8, 4) is 5.75 Å². The Morgan fingerprint density at radius 1 is 1.24 bits per heavy atom. The van der Waals surface area contributed by atoms with Gasteiger partial charge in [-0.15, -0.1) is 0 Å². The fourth-order valence-corrected chi connectivity index (χ4v) is 1.88. The zero-order valence-corrected chi connectivity index (χ0v) is 12.3. The fraction of sp³-hybridized carbons (Fsp3) is 0.0714. The highest BCUT2D eigenvalue weighted by Crippen LogP contribution is 2.18. The van der Waals surface area contributed by atoms with Crippen molar-refractivity contribution in [2.24, 2.45) is 0 Å². The van der Waals surface area contributed by atoms with Crippen LogP contribution in [0.25, 0.3) is 0 Å². The molecule has 2 N–H and O–H groups in total. The van der Waals surface area contributed by atoms with Crippen molar-refractivity contribution in [1.82, 2.24) is 4.98 Å². The minimum Gasteiger partial charge on any atom is -0.482 e. The number of aliphatic carboxylic acids is 1. The number of hydrogen-bond acceptors (Lipinski definition) is 4. The van der Waals surface area contributed by atoms with E-state index in [1.54, 1.807) is 42.5 Å². The van der Waals surface area contributed by atoms with Gasteiger partial charge in [0.05, 0.1) is 0 Å². The summed E-state index contributed by atoms with van der Waals surface area (Å²) in [5.74, 6) is -1.08. The number of ether oxygens (including phenoxy) is 1. The highest BCUT2D eigenvalue weighted by Gasteiger charge is 2.08. The number of nitrogens with one attached hydrogen (secondary N) is 1. The maximum atomic E-state index is 12.0. The van der Waals surface area contributed by atoms with Gasteiger partial charge in [0.15, 0.2) is 6.61 Å². The third-order valence-electron chi connectivity index (χ3n) is 2.40. The first kappa shape index (κ1) is 15.0. The number of halogens is 1. The second-order valence-electron chi connectivity index (χ2n) is 4.01. The number of carbonyl (C=O) groups is 2. The Morgan fingerprint density at radius 3 is 2.71 bits per heavy atom. The summed E-state index contributed by atoms with van der Waals surface area (Å²) in [6, 6.07) is 11.5. The lowest BCUT2D eigenvalue weighted by molar-refractivity contribution is -0.139. The van der Waals surface area contributed by atoms with E-state index in [1.807, 2.05) is 0 Å². The molecule has 2 aromatic rings. The highest BCUT2D eigenvalue weighted by molar-refractivity contribution is 9.10. The SMILES string of the molecule is O=C(O)COc1cccc(NC(=O)c2cccc(Br)n2)c1. The van der Waals surface area contributed by atoms with Crippen LogP contribution in [-0.2, 0) is 4.79 Å². The normalized spacial score (nSPS) is 9.95. The molecule has 7 heteroatoms. The van der Waals surface area contributed by atoms with Gasteiger partial charge in [-0.1, -0.05) is 12.1 Å². The molecule has 0 saturated carbocycles. The van der Waals surface area contributed by atoms with Gasteiger partial charge < -0.3 is 15.2 Å². The van der Waals surface area contributed by atoms with E-state index in [4.69, 9.17) is 9.84 Å². The second kappa shape index (κ2) is 6.85. The zero-order valence-electron chi connectivity index (χ0n) is 10.7. The second-order valence-corrected chi connectivity index (χ2v) is 4.82. The van der Waals surface area contributed by atoms with Gasteiger partial charge in [0.1, 0.15) is 16.0 Å². The number of aromatic nitrogens is 1. The minimum atomic E-state index is -1.07. The summed E-state index contributed by atoms with van der Waals surface area (Å²) < 4.78 is 5.60. The largest absolute Gasteiger partial charge is 0.482 e. The maximum Gasteiger partial charge on any atom is 0.341 e. The average molecular weight is 351 g/mol. The molecule has 1 aromatic carbocycles. The lowest BCUT2D eigenvalue weighted by atomic mass is 10.2. The molecule has 0 aliphatic rings. The van der Waals surface area contributed by atoms with Gasteiger partial charge in [-0.2, -0.15) is 0 Å². The van der Waals surface area contributed by atoms with E-state index < -0.39 is 12.6 Å². The van der Waals surface area contributed by atoms with Crippen LogP contribution in [0.2, 0.25) is 0 Å². The summed E-state index contributed by atoms with van der Waals surface area (Å²) in [4.78, 5) is 26.5. The summed E-state index contributed by atoms with van der Waals surface area (Å²) in [6.07, 6.45) is 0. The number of carboxylic acids is 1. The molecule has 0 saturated heterocycles. The molecule has 0 aliphatic heterocycles. The summed E-state index contributed by atoms with van der Waals surface area (Å²) >= 11 is 3.19. The molecular formula is C14H11BrN2O4. The van der Waals surface area contributed by atoms with Crippen LogP contribution in [0.15, 0.2) is 47.1 Å². The molecule has 0 spiro atoms. The van der Waals surface area contributed by atoms with Gasteiger partial charge in [-0.05, 0) is 40.2 Å². The highest BCUT2D eigenvalue weighted by atomic mass is 79.9. The average Bonchev–Trinajstić information content (AvgIpc) is 2.45. The lowest BCUT2D eigenvalue weighted by Crippen LogP contribution is -2.14.